The molecular formula is C39H42N2O6. The highest BCUT2D eigenvalue weighted by atomic mass is 16.6. The number of aliphatic imine (C=N–C) groups is 2. The summed E-state index contributed by atoms with van der Waals surface area (Å²) in [4.78, 5) is 9.65. The summed E-state index contributed by atoms with van der Waals surface area (Å²) in [5.74, 6) is 2.79. The van der Waals surface area contributed by atoms with E-state index in [9.17, 15) is 0 Å². The minimum absolute atomic E-state index is 0.192. The first-order valence-electron chi connectivity index (χ1n) is 16.2. The zero-order valence-electron chi connectivity index (χ0n) is 27.5. The van der Waals surface area contributed by atoms with Gasteiger partial charge >= 0.3 is 0 Å². The fourth-order valence-corrected chi connectivity index (χ4v) is 5.30. The van der Waals surface area contributed by atoms with Gasteiger partial charge in [-0.05, 0) is 101 Å². The average molecular weight is 635 g/mol. The van der Waals surface area contributed by atoms with E-state index in [1.807, 2.05) is 48.8 Å². The third-order valence-corrected chi connectivity index (χ3v) is 8.19. The van der Waals surface area contributed by atoms with Crippen LogP contribution in [0.2, 0.25) is 0 Å². The van der Waals surface area contributed by atoms with Gasteiger partial charge in [0.2, 0.25) is 0 Å². The topological polar surface area (TPSA) is 86.7 Å². The molecule has 2 unspecified atom stereocenters. The van der Waals surface area contributed by atoms with E-state index in [-0.39, 0.29) is 12.2 Å². The van der Waals surface area contributed by atoms with Gasteiger partial charge in [0.1, 0.15) is 25.4 Å². The molecule has 2 aliphatic rings. The van der Waals surface area contributed by atoms with Crippen molar-refractivity contribution in [1.29, 1.82) is 0 Å². The van der Waals surface area contributed by atoms with Gasteiger partial charge in [-0.2, -0.15) is 0 Å². The number of ether oxygens (including phenoxy) is 6. The smallest absolute Gasteiger partial charge is 0.161 e. The first-order valence-corrected chi connectivity index (χ1v) is 16.2. The summed E-state index contributed by atoms with van der Waals surface area (Å²) in [6.45, 7) is 6.91. The van der Waals surface area contributed by atoms with Crippen LogP contribution in [0, 0.1) is 0 Å². The van der Waals surface area contributed by atoms with E-state index in [4.69, 9.17) is 38.4 Å². The molecular weight excluding hydrogens is 592 g/mol. The molecule has 2 saturated heterocycles. The predicted molar refractivity (Wildman–Crippen MR) is 185 cm³/mol. The Hall–Kier alpha value is -4.66. The number of epoxide rings is 2. The van der Waals surface area contributed by atoms with E-state index in [0.29, 0.717) is 36.2 Å². The van der Waals surface area contributed by atoms with Crippen LogP contribution in [-0.2, 0) is 28.7 Å². The molecule has 8 nitrogen and oxygen atoms in total. The van der Waals surface area contributed by atoms with Crippen molar-refractivity contribution in [3.05, 3.63) is 106 Å². The van der Waals surface area contributed by atoms with Gasteiger partial charge in [0.25, 0.3) is 0 Å². The molecule has 0 amide bonds. The molecule has 2 atom stereocenters. The lowest BCUT2D eigenvalue weighted by atomic mass is 9.98. The van der Waals surface area contributed by atoms with Crippen molar-refractivity contribution in [3.8, 4) is 23.0 Å². The number of hydrogen-bond acceptors (Lipinski definition) is 8. The molecule has 2 heterocycles. The Labute approximate surface area is 277 Å². The van der Waals surface area contributed by atoms with Crippen molar-refractivity contribution in [2.75, 3.05) is 40.6 Å². The Bertz CT molecular complexity index is 1610. The summed E-state index contributed by atoms with van der Waals surface area (Å²) in [5.41, 5.74) is 8.75. The summed E-state index contributed by atoms with van der Waals surface area (Å²) in [7, 11) is 3.30. The van der Waals surface area contributed by atoms with Crippen molar-refractivity contribution in [1.82, 2.24) is 0 Å². The average Bonchev–Trinajstić information content (AvgIpc) is 4.05. The van der Waals surface area contributed by atoms with Crippen LogP contribution in [0.3, 0.4) is 0 Å². The lowest BCUT2D eigenvalue weighted by Gasteiger charge is -2.11. The molecule has 8 heteroatoms. The summed E-state index contributed by atoms with van der Waals surface area (Å²) in [5, 5.41) is 0. The molecule has 0 radical (unpaired) electrons. The van der Waals surface area contributed by atoms with Crippen molar-refractivity contribution in [2.45, 2.75) is 45.3 Å². The predicted octanol–water partition coefficient (Wildman–Crippen LogP) is 7.48. The van der Waals surface area contributed by atoms with Crippen LogP contribution in [0.25, 0.3) is 0 Å². The van der Waals surface area contributed by atoms with Crippen molar-refractivity contribution in [3.63, 3.8) is 0 Å². The van der Waals surface area contributed by atoms with E-state index in [0.717, 1.165) is 55.0 Å². The molecule has 4 aromatic rings. The van der Waals surface area contributed by atoms with Gasteiger partial charge in [-0.3, -0.25) is 9.98 Å². The molecule has 4 aromatic carbocycles. The molecule has 244 valence electrons. The largest absolute Gasteiger partial charge is 0.493 e. The minimum Gasteiger partial charge on any atom is -0.493 e. The van der Waals surface area contributed by atoms with Crippen LogP contribution in [0.4, 0.5) is 11.4 Å². The molecule has 2 fully saturated rings. The minimum atomic E-state index is 0.192. The van der Waals surface area contributed by atoms with Crippen LogP contribution in [-0.4, -0.2) is 65.3 Å². The number of benzene rings is 4. The Morgan fingerprint density at radius 3 is 1.45 bits per heavy atom. The third-order valence-electron chi connectivity index (χ3n) is 8.19. The van der Waals surface area contributed by atoms with E-state index >= 15 is 0 Å². The lowest BCUT2D eigenvalue weighted by molar-refractivity contribution is 0.252. The van der Waals surface area contributed by atoms with Crippen LogP contribution in [0.5, 0.6) is 23.0 Å². The Morgan fingerprint density at radius 2 is 1.06 bits per heavy atom. The molecule has 0 spiro atoms. The highest BCUT2D eigenvalue weighted by Gasteiger charge is 2.24. The maximum absolute atomic E-state index is 5.83. The van der Waals surface area contributed by atoms with Crippen LogP contribution < -0.4 is 18.9 Å². The maximum atomic E-state index is 5.83. The van der Waals surface area contributed by atoms with Gasteiger partial charge in [-0.1, -0.05) is 38.1 Å². The van der Waals surface area contributed by atoms with E-state index < -0.39 is 0 Å². The summed E-state index contributed by atoms with van der Waals surface area (Å²) < 4.78 is 33.2. The normalized spacial score (nSPS) is 16.9. The standard InChI is InChI=1S/C39H42N2O6/c1-5-30-16-26(7-11-34(30)40-20-28-9-13-36(38(18-28)42-3)46-24-32-22-44-32)15-27-8-12-35(31(6-2)17-27)41-21-29-10-14-37(39(19-29)43-4)47-25-33-23-45-33/h7-14,16-21,32-33H,5-6,15,22-25H2,1-4H3/b40-20+,41-21+. The first-order chi connectivity index (χ1) is 23.0. The number of nitrogens with zero attached hydrogens (tertiary/aromatic N) is 2. The molecule has 6 rings (SSSR count). The van der Waals surface area contributed by atoms with Crippen LogP contribution >= 0.6 is 0 Å². The fourth-order valence-electron chi connectivity index (χ4n) is 5.30. The first kappa shape index (κ1) is 32.3. The second kappa shape index (κ2) is 15.3. The van der Waals surface area contributed by atoms with E-state index in [1.165, 1.54) is 22.3 Å². The highest BCUT2D eigenvalue weighted by molar-refractivity contribution is 5.84. The van der Waals surface area contributed by atoms with Gasteiger partial charge < -0.3 is 28.4 Å². The van der Waals surface area contributed by atoms with Crippen LogP contribution in [0.1, 0.15) is 47.2 Å². The molecule has 0 saturated carbocycles. The number of hydrogen-bond donors (Lipinski definition) is 0. The molecule has 0 aliphatic carbocycles. The van der Waals surface area contributed by atoms with Gasteiger partial charge in [-0.25, -0.2) is 0 Å². The molecule has 47 heavy (non-hydrogen) atoms. The van der Waals surface area contributed by atoms with Gasteiger partial charge in [0, 0.05) is 12.4 Å². The number of aryl methyl sites for hydroxylation is 2. The Kier molecular flexibility index (Phi) is 10.5. The zero-order valence-corrected chi connectivity index (χ0v) is 27.5. The summed E-state index contributed by atoms with van der Waals surface area (Å²) >= 11 is 0. The Morgan fingerprint density at radius 1 is 0.617 bits per heavy atom. The van der Waals surface area contributed by atoms with Gasteiger partial charge in [0.15, 0.2) is 23.0 Å². The van der Waals surface area contributed by atoms with Crippen molar-refractivity contribution >= 4 is 23.8 Å². The quantitative estimate of drug-likeness (QED) is 0.0939. The zero-order chi connectivity index (χ0) is 32.6. The highest BCUT2D eigenvalue weighted by Crippen LogP contribution is 2.31. The summed E-state index contributed by atoms with van der Waals surface area (Å²) in [6.07, 6.45) is 6.75. The van der Waals surface area contributed by atoms with E-state index in [2.05, 4.69) is 50.2 Å². The molecule has 0 N–H and O–H groups in total. The maximum Gasteiger partial charge on any atom is 0.161 e. The van der Waals surface area contributed by atoms with Crippen molar-refractivity contribution in [2.24, 2.45) is 9.98 Å². The Balaban J connectivity index is 1.11. The summed E-state index contributed by atoms with van der Waals surface area (Å²) in [6, 6.07) is 24.8. The van der Waals surface area contributed by atoms with Gasteiger partial charge in [0.05, 0.1) is 38.8 Å². The number of methoxy groups -OCH3 is 2. The van der Waals surface area contributed by atoms with E-state index in [1.54, 1.807) is 14.2 Å². The second-order valence-electron chi connectivity index (χ2n) is 11.7. The SMILES string of the molecule is CCc1cc(Cc2ccc(/N=C/c3ccc(OCC4CO4)c(OC)c3)c(CC)c2)ccc1/N=C/c1ccc(OCC2CO2)c(OC)c1. The van der Waals surface area contributed by atoms with Crippen molar-refractivity contribution < 1.29 is 28.4 Å². The molecule has 2 aliphatic heterocycles. The van der Waals surface area contributed by atoms with Crippen LogP contribution in [0.15, 0.2) is 82.8 Å². The molecule has 0 aromatic heterocycles. The third kappa shape index (κ3) is 8.78. The second-order valence-corrected chi connectivity index (χ2v) is 11.7. The fraction of sp³-hybridized carbons (Fsp3) is 0.333. The lowest BCUT2D eigenvalue weighted by Crippen LogP contribution is -2.05. The molecule has 0 bridgehead atoms. The monoisotopic (exact) mass is 634 g/mol. The number of rotatable bonds is 16. The van der Waals surface area contributed by atoms with Gasteiger partial charge in [-0.15, -0.1) is 0 Å².